The second-order valence-electron chi connectivity index (χ2n) is 7.24. The molecule has 6 nitrogen and oxygen atoms in total. The Bertz CT molecular complexity index is 575. The fourth-order valence-electron chi connectivity index (χ4n) is 3.81. The van der Waals surface area contributed by atoms with Gasteiger partial charge in [-0.1, -0.05) is 32.6 Å². The Hall–Kier alpha value is -1.69. The van der Waals surface area contributed by atoms with Crippen LogP contribution in [0.15, 0.2) is 6.07 Å². The van der Waals surface area contributed by atoms with Gasteiger partial charge in [0.25, 0.3) is 5.91 Å². The lowest BCUT2D eigenvalue weighted by molar-refractivity contribution is 0.0928. The first-order chi connectivity index (χ1) is 12.2. The van der Waals surface area contributed by atoms with Crippen molar-refractivity contribution < 1.29 is 4.79 Å². The molecule has 138 valence electrons. The van der Waals surface area contributed by atoms with Crippen molar-refractivity contribution in [1.82, 2.24) is 20.2 Å². The van der Waals surface area contributed by atoms with E-state index in [9.17, 15) is 4.79 Å². The molecule has 0 unspecified atom stereocenters. The van der Waals surface area contributed by atoms with Crippen molar-refractivity contribution in [2.45, 2.75) is 58.4 Å². The number of carbonyl (C=O) groups excluding carboxylic acids is 1. The van der Waals surface area contributed by atoms with Crippen LogP contribution in [0.4, 0.5) is 5.82 Å². The third kappa shape index (κ3) is 4.91. The van der Waals surface area contributed by atoms with E-state index in [1.54, 1.807) is 0 Å². The number of hydrogen-bond acceptors (Lipinski definition) is 5. The summed E-state index contributed by atoms with van der Waals surface area (Å²) in [5, 5.41) is 3.19. The minimum absolute atomic E-state index is 0.0501. The van der Waals surface area contributed by atoms with E-state index in [2.05, 4.69) is 32.0 Å². The average molecular weight is 345 g/mol. The van der Waals surface area contributed by atoms with Crippen molar-refractivity contribution in [2.75, 3.05) is 37.6 Å². The van der Waals surface area contributed by atoms with Crippen LogP contribution in [0.1, 0.15) is 61.8 Å². The van der Waals surface area contributed by atoms with Gasteiger partial charge in [-0.15, -0.1) is 0 Å². The number of nitrogens with one attached hydrogen (secondary N) is 1. The Labute approximate surface area is 151 Å². The molecule has 1 aliphatic heterocycles. The van der Waals surface area contributed by atoms with E-state index in [4.69, 9.17) is 0 Å². The SMILES string of the molecule is CCN1CCN(c2cc(C(=O)NC3CCCCCC3)nc(C)n2)CC1. The van der Waals surface area contributed by atoms with Crippen molar-refractivity contribution in [3.05, 3.63) is 17.6 Å². The predicted molar refractivity (Wildman–Crippen MR) is 100 cm³/mol. The number of likely N-dealkylation sites (N-methyl/N-ethyl adjacent to an activating group) is 1. The number of aryl methyl sites for hydroxylation is 1. The Kier molecular flexibility index (Phi) is 6.24. The molecule has 1 aromatic heterocycles. The molecule has 1 N–H and O–H groups in total. The largest absolute Gasteiger partial charge is 0.354 e. The van der Waals surface area contributed by atoms with Crippen LogP contribution < -0.4 is 10.2 Å². The number of carbonyl (C=O) groups is 1. The molecule has 1 aromatic rings. The van der Waals surface area contributed by atoms with Crippen LogP contribution in [0.5, 0.6) is 0 Å². The first-order valence-electron chi connectivity index (χ1n) is 9.79. The molecule has 6 heteroatoms. The lowest BCUT2D eigenvalue weighted by Crippen LogP contribution is -2.46. The van der Waals surface area contributed by atoms with Gasteiger partial charge in [0.1, 0.15) is 17.3 Å². The fourth-order valence-corrected chi connectivity index (χ4v) is 3.81. The van der Waals surface area contributed by atoms with Crippen molar-refractivity contribution in [1.29, 1.82) is 0 Å². The van der Waals surface area contributed by atoms with Crippen molar-refractivity contribution >= 4 is 11.7 Å². The van der Waals surface area contributed by atoms with E-state index in [1.807, 2.05) is 13.0 Å². The first-order valence-corrected chi connectivity index (χ1v) is 9.79. The van der Waals surface area contributed by atoms with Gasteiger partial charge in [-0.25, -0.2) is 9.97 Å². The smallest absolute Gasteiger partial charge is 0.270 e. The van der Waals surface area contributed by atoms with Gasteiger partial charge in [-0.05, 0) is 26.3 Å². The molecule has 0 bridgehead atoms. The van der Waals surface area contributed by atoms with Gasteiger partial charge in [0.15, 0.2) is 0 Å². The maximum Gasteiger partial charge on any atom is 0.270 e. The lowest BCUT2D eigenvalue weighted by atomic mass is 10.1. The van der Waals surface area contributed by atoms with Gasteiger partial charge < -0.3 is 15.1 Å². The molecule has 2 aliphatic rings. The number of hydrogen-bond donors (Lipinski definition) is 1. The minimum atomic E-state index is -0.0501. The number of anilines is 1. The van der Waals surface area contributed by atoms with Crippen LogP contribution in [-0.2, 0) is 0 Å². The molecular weight excluding hydrogens is 314 g/mol. The van der Waals surface area contributed by atoms with E-state index in [0.717, 1.165) is 51.4 Å². The molecule has 1 aliphatic carbocycles. The van der Waals surface area contributed by atoms with Crippen LogP contribution in [0.3, 0.4) is 0 Å². The summed E-state index contributed by atoms with van der Waals surface area (Å²) >= 11 is 0. The average Bonchev–Trinajstić information content (AvgIpc) is 2.90. The zero-order valence-electron chi connectivity index (χ0n) is 15.6. The monoisotopic (exact) mass is 345 g/mol. The van der Waals surface area contributed by atoms with Crippen molar-refractivity contribution in [2.24, 2.45) is 0 Å². The first kappa shape index (κ1) is 18.1. The maximum absolute atomic E-state index is 12.7. The highest BCUT2D eigenvalue weighted by Gasteiger charge is 2.21. The Morgan fingerprint density at radius 2 is 1.80 bits per heavy atom. The van der Waals surface area contributed by atoms with Crippen LogP contribution >= 0.6 is 0 Å². The van der Waals surface area contributed by atoms with E-state index < -0.39 is 0 Å². The second-order valence-corrected chi connectivity index (χ2v) is 7.24. The van der Waals surface area contributed by atoms with Crippen LogP contribution in [0.2, 0.25) is 0 Å². The van der Waals surface area contributed by atoms with Gasteiger partial charge in [-0.2, -0.15) is 0 Å². The highest BCUT2D eigenvalue weighted by molar-refractivity contribution is 5.93. The summed E-state index contributed by atoms with van der Waals surface area (Å²) in [5.41, 5.74) is 0.504. The van der Waals surface area contributed by atoms with Gasteiger partial charge in [0, 0.05) is 38.3 Å². The summed E-state index contributed by atoms with van der Waals surface area (Å²) in [6, 6.07) is 2.16. The third-order valence-electron chi connectivity index (χ3n) is 5.39. The maximum atomic E-state index is 12.7. The molecule has 0 radical (unpaired) electrons. The third-order valence-corrected chi connectivity index (χ3v) is 5.39. The van der Waals surface area contributed by atoms with Crippen molar-refractivity contribution in [3.8, 4) is 0 Å². The van der Waals surface area contributed by atoms with Gasteiger partial charge >= 0.3 is 0 Å². The molecule has 1 amide bonds. The number of rotatable bonds is 4. The number of nitrogens with zero attached hydrogens (tertiary/aromatic N) is 4. The van der Waals surface area contributed by atoms with E-state index in [0.29, 0.717) is 17.6 Å². The van der Waals surface area contributed by atoms with Gasteiger partial charge in [0.2, 0.25) is 0 Å². The number of piperazine rings is 1. The molecule has 1 saturated heterocycles. The lowest BCUT2D eigenvalue weighted by Gasteiger charge is -2.34. The minimum Gasteiger partial charge on any atom is -0.354 e. The molecule has 3 rings (SSSR count). The molecule has 25 heavy (non-hydrogen) atoms. The van der Waals surface area contributed by atoms with Gasteiger partial charge in [0.05, 0.1) is 0 Å². The van der Waals surface area contributed by atoms with Crippen LogP contribution in [-0.4, -0.2) is 59.5 Å². The summed E-state index contributed by atoms with van der Waals surface area (Å²) in [5.74, 6) is 1.50. The zero-order valence-corrected chi connectivity index (χ0v) is 15.6. The summed E-state index contributed by atoms with van der Waals surface area (Å²) in [7, 11) is 0. The topological polar surface area (TPSA) is 61.4 Å². The van der Waals surface area contributed by atoms with Crippen LogP contribution in [0, 0.1) is 6.92 Å². The molecule has 0 aromatic carbocycles. The van der Waals surface area contributed by atoms with Gasteiger partial charge in [-0.3, -0.25) is 4.79 Å². The molecule has 0 atom stereocenters. The predicted octanol–water partition coefficient (Wildman–Crippen LogP) is 2.38. The molecule has 0 spiro atoms. The molecular formula is C19H31N5O. The fraction of sp³-hybridized carbons (Fsp3) is 0.737. The summed E-state index contributed by atoms with van der Waals surface area (Å²) in [6.07, 6.45) is 7.16. The normalized spacial score (nSPS) is 20.3. The highest BCUT2D eigenvalue weighted by atomic mass is 16.1. The molecule has 1 saturated carbocycles. The van der Waals surface area contributed by atoms with Crippen LogP contribution in [0.25, 0.3) is 0 Å². The molecule has 2 fully saturated rings. The summed E-state index contributed by atoms with van der Waals surface area (Å²) < 4.78 is 0. The Morgan fingerprint density at radius 3 is 2.44 bits per heavy atom. The summed E-state index contributed by atoms with van der Waals surface area (Å²) in [6.45, 7) is 9.15. The van der Waals surface area contributed by atoms with E-state index >= 15 is 0 Å². The second kappa shape index (κ2) is 8.61. The number of amides is 1. The summed E-state index contributed by atoms with van der Waals surface area (Å²) in [4.78, 5) is 26.3. The zero-order chi connectivity index (χ0) is 17.6. The molecule has 2 heterocycles. The Balaban J connectivity index is 1.67. The standard InChI is InChI=1S/C19H31N5O/c1-3-23-10-12-24(13-11-23)18-14-17(20-15(2)21-18)19(25)22-16-8-6-4-5-7-9-16/h14,16H,3-13H2,1-2H3,(H,22,25). The quantitative estimate of drug-likeness (QED) is 0.849. The van der Waals surface area contributed by atoms with E-state index in [-0.39, 0.29) is 5.91 Å². The van der Waals surface area contributed by atoms with E-state index in [1.165, 1.54) is 25.7 Å². The van der Waals surface area contributed by atoms with Crippen molar-refractivity contribution in [3.63, 3.8) is 0 Å². The number of aromatic nitrogens is 2. The Morgan fingerprint density at radius 1 is 1.12 bits per heavy atom. The highest BCUT2D eigenvalue weighted by Crippen LogP contribution is 2.19.